The lowest BCUT2D eigenvalue weighted by Crippen LogP contribution is -2.41. The largest absolute Gasteiger partial charge is 0.469 e. The van der Waals surface area contributed by atoms with Crippen LogP contribution in [0.2, 0.25) is 0 Å². The average Bonchev–Trinajstić information content (AvgIpc) is 2.27. The molecule has 0 radical (unpaired) electrons. The molecule has 2 unspecified atom stereocenters. The standard InChI is InChI=1S/C13H26N2O3/c1-6-7-11(3)14-12(16)9-15(4)8-10(2)13(17)18-5/h10-11H,6-9H2,1-5H3,(H,14,16). The van der Waals surface area contributed by atoms with Crippen LogP contribution in [-0.2, 0) is 14.3 Å². The van der Waals surface area contributed by atoms with Crippen LogP contribution in [0.15, 0.2) is 0 Å². The number of carbonyl (C=O) groups is 2. The maximum absolute atomic E-state index is 11.7. The summed E-state index contributed by atoms with van der Waals surface area (Å²) in [6.07, 6.45) is 2.03. The number of hydrogen-bond acceptors (Lipinski definition) is 4. The molecule has 1 amide bonds. The molecule has 18 heavy (non-hydrogen) atoms. The summed E-state index contributed by atoms with van der Waals surface area (Å²) >= 11 is 0. The monoisotopic (exact) mass is 258 g/mol. The molecule has 0 aliphatic heterocycles. The summed E-state index contributed by atoms with van der Waals surface area (Å²) in [5.41, 5.74) is 0. The van der Waals surface area contributed by atoms with Gasteiger partial charge >= 0.3 is 5.97 Å². The lowest BCUT2D eigenvalue weighted by Gasteiger charge is -2.20. The molecule has 0 aliphatic rings. The van der Waals surface area contributed by atoms with Crippen LogP contribution >= 0.6 is 0 Å². The van der Waals surface area contributed by atoms with E-state index in [9.17, 15) is 9.59 Å². The van der Waals surface area contributed by atoms with Gasteiger partial charge in [-0.25, -0.2) is 0 Å². The fourth-order valence-electron chi connectivity index (χ4n) is 1.88. The molecule has 0 spiro atoms. The zero-order valence-electron chi connectivity index (χ0n) is 12.2. The van der Waals surface area contributed by atoms with Crippen molar-refractivity contribution in [2.75, 3.05) is 27.2 Å². The number of esters is 1. The highest BCUT2D eigenvalue weighted by Crippen LogP contribution is 2.01. The van der Waals surface area contributed by atoms with Gasteiger partial charge in [-0.2, -0.15) is 0 Å². The van der Waals surface area contributed by atoms with Gasteiger partial charge in [0.05, 0.1) is 19.6 Å². The molecule has 0 saturated carbocycles. The summed E-state index contributed by atoms with van der Waals surface area (Å²) in [5, 5.41) is 2.93. The maximum atomic E-state index is 11.7. The number of carbonyl (C=O) groups excluding carboxylic acids is 2. The van der Waals surface area contributed by atoms with E-state index in [0.29, 0.717) is 13.1 Å². The third kappa shape index (κ3) is 7.27. The first-order chi connectivity index (χ1) is 8.40. The third-order valence-electron chi connectivity index (χ3n) is 2.73. The number of nitrogens with one attached hydrogen (secondary N) is 1. The summed E-state index contributed by atoms with van der Waals surface area (Å²) in [6.45, 7) is 6.70. The molecule has 2 atom stereocenters. The molecule has 0 aromatic heterocycles. The molecular weight excluding hydrogens is 232 g/mol. The van der Waals surface area contributed by atoms with E-state index in [0.717, 1.165) is 12.8 Å². The summed E-state index contributed by atoms with van der Waals surface area (Å²) in [7, 11) is 3.20. The Hall–Kier alpha value is -1.10. The predicted octanol–water partition coefficient (Wildman–Crippen LogP) is 1.03. The Balaban J connectivity index is 3.97. The zero-order chi connectivity index (χ0) is 14.1. The SMILES string of the molecule is CCCC(C)NC(=O)CN(C)CC(C)C(=O)OC. The number of hydrogen-bond donors (Lipinski definition) is 1. The van der Waals surface area contributed by atoms with Crippen LogP contribution in [0, 0.1) is 5.92 Å². The first-order valence-corrected chi connectivity index (χ1v) is 6.46. The highest BCUT2D eigenvalue weighted by atomic mass is 16.5. The van der Waals surface area contributed by atoms with Crippen LogP contribution in [0.3, 0.4) is 0 Å². The minimum atomic E-state index is -0.249. The van der Waals surface area contributed by atoms with Crippen LogP contribution in [0.4, 0.5) is 0 Å². The van der Waals surface area contributed by atoms with E-state index in [1.807, 2.05) is 18.9 Å². The number of amides is 1. The second-order valence-corrected chi connectivity index (χ2v) is 4.88. The van der Waals surface area contributed by atoms with Gasteiger partial charge in [0.25, 0.3) is 0 Å². The molecular formula is C13H26N2O3. The Kier molecular flexibility index (Phi) is 8.37. The normalized spacial score (nSPS) is 14.1. The van der Waals surface area contributed by atoms with E-state index in [4.69, 9.17) is 0 Å². The van der Waals surface area contributed by atoms with E-state index < -0.39 is 0 Å². The zero-order valence-corrected chi connectivity index (χ0v) is 12.2. The van der Waals surface area contributed by atoms with E-state index >= 15 is 0 Å². The van der Waals surface area contributed by atoms with Gasteiger partial charge in [-0.15, -0.1) is 0 Å². The van der Waals surface area contributed by atoms with Gasteiger partial charge in [0, 0.05) is 12.6 Å². The number of likely N-dealkylation sites (N-methyl/N-ethyl adjacent to an activating group) is 1. The molecule has 5 heteroatoms. The molecule has 0 bridgehead atoms. The first kappa shape index (κ1) is 16.9. The molecule has 0 heterocycles. The lowest BCUT2D eigenvalue weighted by atomic mass is 10.1. The number of rotatable bonds is 8. The van der Waals surface area contributed by atoms with Crippen molar-refractivity contribution in [1.82, 2.24) is 10.2 Å². The molecule has 0 rings (SSSR count). The van der Waals surface area contributed by atoms with Gasteiger partial charge in [0.15, 0.2) is 0 Å². The molecule has 1 N–H and O–H groups in total. The Morgan fingerprint density at radius 2 is 1.94 bits per heavy atom. The topological polar surface area (TPSA) is 58.6 Å². The lowest BCUT2D eigenvalue weighted by molar-refractivity contribution is -0.145. The van der Waals surface area contributed by atoms with Crippen LogP contribution in [0.5, 0.6) is 0 Å². The van der Waals surface area contributed by atoms with Crippen molar-refractivity contribution < 1.29 is 14.3 Å². The van der Waals surface area contributed by atoms with Gasteiger partial charge in [-0.3, -0.25) is 14.5 Å². The number of methoxy groups -OCH3 is 1. The van der Waals surface area contributed by atoms with Gasteiger partial charge in [-0.1, -0.05) is 20.3 Å². The van der Waals surface area contributed by atoms with Gasteiger partial charge < -0.3 is 10.1 Å². The van der Waals surface area contributed by atoms with Crippen molar-refractivity contribution in [2.24, 2.45) is 5.92 Å². The Morgan fingerprint density at radius 1 is 1.33 bits per heavy atom. The van der Waals surface area contributed by atoms with Gasteiger partial charge in [0.2, 0.25) is 5.91 Å². The van der Waals surface area contributed by atoms with E-state index in [1.54, 1.807) is 6.92 Å². The van der Waals surface area contributed by atoms with Crippen molar-refractivity contribution in [1.29, 1.82) is 0 Å². The Morgan fingerprint density at radius 3 is 2.44 bits per heavy atom. The second kappa shape index (κ2) is 8.91. The van der Waals surface area contributed by atoms with Crippen LogP contribution in [-0.4, -0.2) is 50.1 Å². The van der Waals surface area contributed by atoms with Gasteiger partial charge in [0.1, 0.15) is 0 Å². The summed E-state index contributed by atoms with van der Waals surface area (Å²) in [4.78, 5) is 24.8. The first-order valence-electron chi connectivity index (χ1n) is 6.46. The number of ether oxygens (including phenoxy) is 1. The van der Waals surface area contributed by atoms with Crippen LogP contribution < -0.4 is 5.32 Å². The fourth-order valence-corrected chi connectivity index (χ4v) is 1.88. The van der Waals surface area contributed by atoms with E-state index in [1.165, 1.54) is 7.11 Å². The Bertz CT molecular complexity index is 269. The second-order valence-electron chi connectivity index (χ2n) is 4.88. The van der Waals surface area contributed by atoms with E-state index in [-0.39, 0.29) is 23.8 Å². The predicted molar refractivity (Wildman–Crippen MR) is 71.2 cm³/mol. The summed E-state index contributed by atoms with van der Waals surface area (Å²) < 4.78 is 4.65. The molecule has 0 aromatic carbocycles. The number of nitrogens with zero attached hydrogens (tertiary/aromatic N) is 1. The Labute approximate surface area is 110 Å². The molecule has 0 fully saturated rings. The van der Waals surface area contributed by atoms with Gasteiger partial charge in [-0.05, 0) is 20.4 Å². The smallest absolute Gasteiger partial charge is 0.309 e. The van der Waals surface area contributed by atoms with Crippen molar-refractivity contribution >= 4 is 11.9 Å². The highest BCUT2D eigenvalue weighted by Gasteiger charge is 2.17. The van der Waals surface area contributed by atoms with Crippen LogP contribution in [0.1, 0.15) is 33.6 Å². The van der Waals surface area contributed by atoms with Crippen LogP contribution in [0.25, 0.3) is 0 Å². The van der Waals surface area contributed by atoms with Crippen molar-refractivity contribution in [3.8, 4) is 0 Å². The van der Waals surface area contributed by atoms with Crippen molar-refractivity contribution in [2.45, 2.75) is 39.7 Å². The minimum absolute atomic E-state index is 0.00415. The van der Waals surface area contributed by atoms with Crippen molar-refractivity contribution in [3.63, 3.8) is 0 Å². The fraction of sp³-hybridized carbons (Fsp3) is 0.846. The molecule has 0 aromatic rings. The molecule has 5 nitrogen and oxygen atoms in total. The molecule has 0 aliphatic carbocycles. The maximum Gasteiger partial charge on any atom is 0.309 e. The molecule has 0 saturated heterocycles. The molecule has 106 valence electrons. The average molecular weight is 258 g/mol. The third-order valence-corrected chi connectivity index (χ3v) is 2.73. The summed E-state index contributed by atoms with van der Waals surface area (Å²) in [6, 6.07) is 0.203. The highest BCUT2D eigenvalue weighted by molar-refractivity contribution is 5.78. The summed E-state index contributed by atoms with van der Waals surface area (Å²) in [5.74, 6) is -0.474. The van der Waals surface area contributed by atoms with E-state index in [2.05, 4.69) is 17.0 Å². The minimum Gasteiger partial charge on any atom is -0.469 e. The quantitative estimate of drug-likeness (QED) is 0.661. The van der Waals surface area contributed by atoms with Crippen molar-refractivity contribution in [3.05, 3.63) is 0 Å².